The maximum absolute atomic E-state index is 12.7. The summed E-state index contributed by atoms with van der Waals surface area (Å²) in [4.78, 5) is 11.6. The summed E-state index contributed by atoms with van der Waals surface area (Å²) in [6.45, 7) is 0.615. The van der Waals surface area contributed by atoms with Crippen LogP contribution in [0.25, 0.3) is 0 Å². The summed E-state index contributed by atoms with van der Waals surface area (Å²) in [5, 5.41) is 5.57. The molecule has 5 nitrogen and oxygen atoms in total. The second-order valence-corrected chi connectivity index (χ2v) is 7.18. The zero-order valence-electron chi connectivity index (χ0n) is 10.9. The Morgan fingerprint density at radius 2 is 2.00 bits per heavy atom. The van der Waals surface area contributed by atoms with E-state index in [0.29, 0.717) is 18.7 Å². The highest BCUT2D eigenvalue weighted by molar-refractivity contribution is 7.91. The van der Waals surface area contributed by atoms with Crippen molar-refractivity contribution in [3.8, 4) is 0 Å². The third-order valence-electron chi connectivity index (χ3n) is 3.17. The number of nitrogens with one attached hydrogen (secondary N) is 2. The van der Waals surface area contributed by atoms with Gasteiger partial charge < -0.3 is 10.6 Å². The van der Waals surface area contributed by atoms with E-state index in [0.717, 1.165) is 0 Å². The van der Waals surface area contributed by atoms with Gasteiger partial charge in [-0.1, -0.05) is 0 Å². The predicted octanol–water partition coefficient (Wildman–Crippen LogP) is 0.788. The highest BCUT2D eigenvalue weighted by Crippen LogP contribution is 2.17. The molecule has 2 rings (SSSR count). The number of rotatable bonds is 5. The monoisotopic (exact) mass is 300 g/mol. The minimum atomic E-state index is -2.87. The Balaban J connectivity index is 1.69. The molecule has 0 bridgehead atoms. The fourth-order valence-electron chi connectivity index (χ4n) is 2.16. The van der Waals surface area contributed by atoms with Crippen LogP contribution in [0.3, 0.4) is 0 Å². The molecule has 1 unspecified atom stereocenters. The molecule has 2 N–H and O–H groups in total. The van der Waals surface area contributed by atoms with Crippen molar-refractivity contribution in [3.05, 3.63) is 30.1 Å². The third kappa shape index (κ3) is 4.57. The van der Waals surface area contributed by atoms with Gasteiger partial charge in [0.15, 0.2) is 9.84 Å². The van der Waals surface area contributed by atoms with Gasteiger partial charge in [-0.2, -0.15) is 0 Å². The molecular formula is C13H17FN2O3S. The second-order valence-electron chi connectivity index (χ2n) is 4.96. The van der Waals surface area contributed by atoms with Gasteiger partial charge in [0.05, 0.1) is 18.1 Å². The van der Waals surface area contributed by atoms with Crippen LogP contribution >= 0.6 is 0 Å². The largest absolute Gasteiger partial charge is 0.325 e. The summed E-state index contributed by atoms with van der Waals surface area (Å²) in [7, 11) is -2.87. The number of sulfone groups is 1. The van der Waals surface area contributed by atoms with Crippen LogP contribution in [0.1, 0.15) is 6.42 Å². The van der Waals surface area contributed by atoms with Crippen molar-refractivity contribution in [1.29, 1.82) is 0 Å². The molecule has 1 aliphatic rings. The van der Waals surface area contributed by atoms with Crippen molar-refractivity contribution in [1.82, 2.24) is 5.32 Å². The number of hydrogen-bond donors (Lipinski definition) is 2. The summed E-state index contributed by atoms with van der Waals surface area (Å²) >= 11 is 0. The molecule has 7 heteroatoms. The molecule has 0 radical (unpaired) electrons. The smallest absolute Gasteiger partial charge is 0.238 e. The van der Waals surface area contributed by atoms with Gasteiger partial charge in [-0.05, 0) is 43.1 Å². The van der Waals surface area contributed by atoms with Crippen LogP contribution in [0.2, 0.25) is 0 Å². The first-order valence-electron chi connectivity index (χ1n) is 6.41. The summed E-state index contributed by atoms with van der Waals surface area (Å²) in [6, 6.07) is 5.51. The third-order valence-corrected chi connectivity index (χ3v) is 5.01. The second kappa shape index (κ2) is 6.32. The van der Waals surface area contributed by atoms with Gasteiger partial charge in [0.2, 0.25) is 5.91 Å². The molecule has 1 aromatic rings. The molecule has 1 atom stereocenters. The van der Waals surface area contributed by atoms with Crippen molar-refractivity contribution in [2.75, 3.05) is 29.9 Å². The van der Waals surface area contributed by atoms with Crippen molar-refractivity contribution in [2.45, 2.75) is 6.42 Å². The Kier molecular flexibility index (Phi) is 4.72. The molecule has 0 saturated carbocycles. The lowest BCUT2D eigenvalue weighted by Gasteiger charge is -2.10. The van der Waals surface area contributed by atoms with Crippen molar-refractivity contribution in [2.24, 2.45) is 5.92 Å². The Morgan fingerprint density at radius 1 is 1.30 bits per heavy atom. The van der Waals surface area contributed by atoms with Gasteiger partial charge in [-0.3, -0.25) is 4.79 Å². The number of amides is 1. The fraction of sp³-hybridized carbons (Fsp3) is 0.462. The van der Waals surface area contributed by atoms with Gasteiger partial charge in [0.1, 0.15) is 5.82 Å². The number of halogens is 1. The van der Waals surface area contributed by atoms with Gasteiger partial charge >= 0.3 is 0 Å². The topological polar surface area (TPSA) is 75.3 Å². The molecule has 1 aromatic carbocycles. The van der Waals surface area contributed by atoms with E-state index >= 15 is 0 Å². The van der Waals surface area contributed by atoms with Gasteiger partial charge in [0.25, 0.3) is 0 Å². The number of anilines is 1. The molecule has 0 spiro atoms. The Bertz CT molecular complexity index is 572. The van der Waals surface area contributed by atoms with Gasteiger partial charge in [-0.15, -0.1) is 0 Å². The summed E-state index contributed by atoms with van der Waals surface area (Å²) in [6.07, 6.45) is 0.648. The van der Waals surface area contributed by atoms with E-state index in [1.807, 2.05) is 0 Å². The average molecular weight is 300 g/mol. The Labute approximate surface area is 117 Å². The number of hydrogen-bond acceptors (Lipinski definition) is 4. The van der Waals surface area contributed by atoms with E-state index in [1.54, 1.807) is 0 Å². The Morgan fingerprint density at radius 3 is 2.60 bits per heavy atom. The van der Waals surface area contributed by atoms with Crippen LogP contribution in [0, 0.1) is 11.7 Å². The molecule has 0 aromatic heterocycles. The molecule has 1 saturated heterocycles. The minimum absolute atomic E-state index is 0.0821. The lowest BCUT2D eigenvalue weighted by Crippen LogP contribution is -2.32. The van der Waals surface area contributed by atoms with E-state index < -0.39 is 9.84 Å². The first kappa shape index (κ1) is 14.9. The molecule has 110 valence electrons. The molecule has 20 heavy (non-hydrogen) atoms. The molecular weight excluding hydrogens is 283 g/mol. The number of carbonyl (C=O) groups excluding carboxylic acids is 1. The normalized spacial score (nSPS) is 20.8. The number of benzene rings is 1. The first-order valence-corrected chi connectivity index (χ1v) is 8.23. The summed E-state index contributed by atoms with van der Waals surface area (Å²) in [5.41, 5.74) is 0.529. The van der Waals surface area contributed by atoms with Crippen LogP contribution in [0.5, 0.6) is 0 Å². The summed E-state index contributed by atoms with van der Waals surface area (Å²) in [5.74, 6) is -0.0830. The Hall–Kier alpha value is -1.47. The molecule has 1 amide bonds. The van der Waals surface area contributed by atoms with E-state index in [9.17, 15) is 17.6 Å². The molecule has 1 heterocycles. The molecule has 0 aliphatic carbocycles. The molecule has 1 fully saturated rings. The van der Waals surface area contributed by atoms with Crippen molar-refractivity contribution >= 4 is 21.4 Å². The van der Waals surface area contributed by atoms with Gasteiger partial charge in [-0.25, -0.2) is 12.8 Å². The highest BCUT2D eigenvalue weighted by atomic mass is 32.2. The predicted molar refractivity (Wildman–Crippen MR) is 74.7 cm³/mol. The maximum Gasteiger partial charge on any atom is 0.238 e. The van der Waals surface area contributed by atoms with Gasteiger partial charge in [0, 0.05) is 5.69 Å². The zero-order valence-corrected chi connectivity index (χ0v) is 11.7. The van der Waals surface area contributed by atoms with Crippen LogP contribution in [-0.2, 0) is 14.6 Å². The lowest BCUT2D eigenvalue weighted by molar-refractivity contribution is -0.115. The minimum Gasteiger partial charge on any atom is -0.325 e. The van der Waals surface area contributed by atoms with Crippen LogP contribution < -0.4 is 10.6 Å². The van der Waals surface area contributed by atoms with Crippen LogP contribution in [0.15, 0.2) is 24.3 Å². The first-order chi connectivity index (χ1) is 9.44. The van der Waals surface area contributed by atoms with E-state index in [2.05, 4.69) is 10.6 Å². The highest BCUT2D eigenvalue weighted by Gasteiger charge is 2.27. The fourth-order valence-corrected chi connectivity index (χ4v) is 4.02. The SMILES string of the molecule is O=C(CNCC1CCS(=O)(=O)C1)Nc1ccc(F)cc1. The van der Waals surface area contributed by atoms with E-state index in [1.165, 1.54) is 24.3 Å². The number of carbonyl (C=O) groups is 1. The van der Waals surface area contributed by atoms with Crippen molar-refractivity contribution < 1.29 is 17.6 Å². The standard InChI is InChI=1S/C13H17FN2O3S/c14-11-1-3-12(4-2-11)16-13(17)8-15-7-10-5-6-20(18,19)9-10/h1-4,10,15H,5-9H2,(H,16,17). The summed E-state index contributed by atoms with van der Waals surface area (Å²) < 4.78 is 35.2. The van der Waals surface area contributed by atoms with Crippen LogP contribution in [-0.4, -0.2) is 38.9 Å². The molecule has 1 aliphatic heterocycles. The quantitative estimate of drug-likeness (QED) is 0.843. The van der Waals surface area contributed by atoms with E-state index in [-0.39, 0.29) is 35.7 Å². The zero-order chi connectivity index (χ0) is 14.6. The van der Waals surface area contributed by atoms with Crippen molar-refractivity contribution in [3.63, 3.8) is 0 Å². The lowest BCUT2D eigenvalue weighted by atomic mass is 10.1. The van der Waals surface area contributed by atoms with E-state index in [4.69, 9.17) is 0 Å². The average Bonchev–Trinajstić information content (AvgIpc) is 2.72. The maximum atomic E-state index is 12.7. The van der Waals surface area contributed by atoms with Crippen LogP contribution in [0.4, 0.5) is 10.1 Å².